The molecule has 1 fully saturated rings. The van der Waals surface area contributed by atoms with Crippen LogP contribution >= 0.6 is 0 Å². The SMILES string of the molecule is N#CCCC1CCCN1Cc1ccccc1-c1ccccc1. The fourth-order valence-electron chi connectivity index (χ4n) is 3.44. The van der Waals surface area contributed by atoms with Crippen molar-refractivity contribution in [2.75, 3.05) is 6.54 Å². The maximum atomic E-state index is 8.83. The fraction of sp³-hybridized carbons (Fsp3) is 0.350. The number of nitrogens with zero attached hydrogens (tertiary/aromatic N) is 2. The standard InChI is InChI=1S/C20H22N2/c21-14-6-11-19-12-7-15-22(19)16-18-10-4-5-13-20(18)17-8-2-1-3-9-17/h1-5,8-10,13,19H,6-7,11-12,15-16H2. The second-order valence-electron chi connectivity index (χ2n) is 5.99. The first-order valence-electron chi connectivity index (χ1n) is 8.13. The van der Waals surface area contributed by atoms with Gasteiger partial charge in [0.05, 0.1) is 6.07 Å². The predicted molar refractivity (Wildman–Crippen MR) is 90.2 cm³/mol. The van der Waals surface area contributed by atoms with Crippen molar-refractivity contribution in [2.24, 2.45) is 0 Å². The highest BCUT2D eigenvalue weighted by molar-refractivity contribution is 5.67. The third-order valence-corrected chi connectivity index (χ3v) is 4.56. The predicted octanol–water partition coefficient (Wildman–Crippen LogP) is 4.62. The van der Waals surface area contributed by atoms with Crippen LogP contribution < -0.4 is 0 Å². The van der Waals surface area contributed by atoms with Crippen molar-refractivity contribution in [3.05, 3.63) is 60.2 Å². The molecule has 22 heavy (non-hydrogen) atoms. The maximum Gasteiger partial charge on any atom is 0.0622 e. The molecule has 1 saturated heterocycles. The molecule has 0 amide bonds. The monoisotopic (exact) mass is 290 g/mol. The van der Waals surface area contributed by atoms with Crippen LogP contribution in [0.1, 0.15) is 31.2 Å². The van der Waals surface area contributed by atoms with Crippen LogP contribution in [0.25, 0.3) is 11.1 Å². The quantitative estimate of drug-likeness (QED) is 0.803. The molecule has 0 N–H and O–H groups in total. The highest BCUT2D eigenvalue weighted by Gasteiger charge is 2.24. The van der Waals surface area contributed by atoms with Gasteiger partial charge in [0.1, 0.15) is 0 Å². The van der Waals surface area contributed by atoms with Crippen LogP contribution in [-0.2, 0) is 6.54 Å². The summed E-state index contributed by atoms with van der Waals surface area (Å²) in [6.45, 7) is 2.14. The Morgan fingerprint density at radius 2 is 1.82 bits per heavy atom. The van der Waals surface area contributed by atoms with E-state index in [1.165, 1.54) is 29.5 Å². The summed E-state index contributed by atoms with van der Waals surface area (Å²) >= 11 is 0. The Bertz CT molecular complexity index is 642. The molecular formula is C20H22N2. The molecule has 2 nitrogen and oxygen atoms in total. The Labute approximate surface area is 133 Å². The Morgan fingerprint density at radius 3 is 2.64 bits per heavy atom. The van der Waals surface area contributed by atoms with E-state index in [-0.39, 0.29) is 0 Å². The molecule has 0 spiro atoms. The summed E-state index contributed by atoms with van der Waals surface area (Å²) < 4.78 is 0. The van der Waals surface area contributed by atoms with Crippen molar-refractivity contribution in [1.82, 2.24) is 4.90 Å². The Morgan fingerprint density at radius 1 is 1.05 bits per heavy atom. The highest BCUT2D eigenvalue weighted by atomic mass is 15.2. The van der Waals surface area contributed by atoms with E-state index in [2.05, 4.69) is 65.6 Å². The van der Waals surface area contributed by atoms with Crippen LogP contribution in [0.2, 0.25) is 0 Å². The minimum atomic E-state index is 0.573. The lowest BCUT2D eigenvalue weighted by Crippen LogP contribution is -2.29. The molecule has 0 radical (unpaired) electrons. The first-order valence-corrected chi connectivity index (χ1v) is 8.13. The summed E-state index contributed by atoms with van der Waals surface area (Å²) in [7, 11) is 0. The molecule has 2 aromatic carbocycles. The Balaban J connectivity index is 1.80. The molecule has 1 atom stereocenters. The van der Waals surface area contributed by atoms with Gasteiger partial charge in [-0.3, -0.25) is 4.90 Å². The Hall–Kier alpha value is -2.11. The molecule has 112 valence electrons. The van der Waals surface area contributed by atoms with Gasteiger partial charge in [0.25, 0.3) is 0 Å². The van der Waals surface area contributed by atoms with Crippen LogP contribution in [0.4, 0.5) is 0 Å². The first kappa shape index (κ1) is 14.8. The van der Waals surface area contributed by atoms with Crippen molar-refractivity contribution in [3.8, 4) is 17.2 Å². The summed E-state index contributed by atoms with van der Waals surface area (Å²) in [6.07, 6.45) is 4.16. The van der Waals surface area contributed by atoms with Crippen molar-refractivity contribution < 1.29 is 0 Å². The Kier molecular flexibility index (Phi) is 4.88. The van der Waals surface area contributed by atoms with Gasteiger partial charge >= 0.3 is 0 Å². The largest absolute Gasteiger partial charge is 0.296 e. The van der Waals surface area contributed by atoms with E-state index in [0.717, 1.165) is 19.5 Å². The molecule has 0 saturated carbocycles. The third-order valence-electron chi connectivity index (χ3n) is 4.56. The van der Waals surface area contributed by atoms with Crippen molar-refractivity contribution >= 4 is 0 Å². The molecule has 1 heterocycles. The van der Waals surface area contributed by atoms with Crippen LogP contribution in [-0.4, -0.2) is 17.5 Å². The second kappa shape index (κ2) is 7.24. The van der Waals surface area contributed by atoms with Gasteiger partial charge in [0, 0.05) is 19.0 Å². The molecular weight excluding hydrogens is 268 g/mol. The molecule has 0 bridgehead atoms. The number of nitriles is 1. The van der Waals surface area contributed by atoms with E-state index in [4.69, 9.17) is 5.26 Å². The third kappa shape index (κ3) is 3.37. The van der Waals surface area contributed by atoms with E-state index < -0.39 is 0 Å². The second-order valence-corrected chi connectivity index (χ2v) is 5.99. The maximum absolute atomic E-state index is 8.83. The number of benzene rings is 2. The summed E-state index contributed by atoms with van der Waals surface area (Å²) in [5, 5.41) is 8.83. The molecule has 0 aromatic heterocycles. The molecule has 1 aliphatic rings. The van der Waals surface area contributed by atoms with Crippen molar-refractivity contribution in [3.63, 3.8) is 0 Å². The van der Waals surface area contributed by atoms with Gasteiger partial charge in [0.2, 0.25) is 0 Å². The highest BCUT2D eigenvalue weighted by Crippen LogP contribution is 2.28. The lowest BCUT2D eigenvalue weighted by atomic mass is 9.99. The van der Waals surface area contributed by atoms with E-state index in [1.54, 1.807) is 0 Å². The van der Waals surface area contributed by atoms with Gasteiger partial charge < -0.3 is 0 Å². The first-order chi connectivity index (χ1) is 10.9. The van der Waals surface area contributed by atoms with Gasteiger partial charge in [-0.05, 0) is 42.5 Å². The number of hydrogen-bond donors (Lipinski definition) is 0. The fourth-order valence-corrected chi connectivity index (χ4v) is 3.44. The van der Waals surface area contributed by atoms with Gasteiger partial charge in [-0.2, -0.15) is 5.26 Å². The van der Waals surface area contributed by atoms with E-state index in [9.17, 15) is 0 Å². The molecule has 2 aromatic rings. The summed E-state index contributed by atoms with van der Waals surface area (Å²) in [4.78, 5) is 2.55. The van der Waals surface area contributed by atoms with Gasteiger partial charge in [-0.1, -0.05) is 54.6 Å². The summed E-state index contributed by atoms with van der Waals surface area (Å²) in [5.41, 5.74) is 4.00. The van der Waals surface area contributed by atoms with E-state index >= 15 is 0 Å². The van der Waals surface area contributed by atoms with Crippen LogP contribution in [0, 0.1) is 11.3 Å². The topological polar surface area (TPSA) is 27.0 Å². The van der Waals surface area contributed by atoms with Gasteiger partial charge in [-0.15, -0.1) is 0 Å². The molecule has 0 aliphatic carbocycles. The molecule has 1 aliphatic heterocycles. The van der Waals surface area contributed by atoms with Crippen molar-refractivity contribution in [1.29, 1.82) is 5.26 Å². The van der Waals surface area contributed by atoms with E-state index in [1.807, 2.05) is 0 Å². The minimum Gasteiger partial charge on any atom is -0.296 e. The number of hydrogen-bond acceptors (Lipinski definition) is 2. The molecule has 3 rings (SSSR count). The summed E-state index contributed by atoms with van der Waals surface area (Å²) in [6, 6.07) is 22.2. The van der Waals surface area contributed by atoms with Crippen LogP contribution in [0.15, 0.2) is 54.6 Å². The lowest BCUT2D eigenvalue weighted by molar-refractivity contribution is 0.236. The lowest BCUT2D eigenvalue weighted by Gasteiger charge is -2.25. The van der Waals surface area contributed by atoms with Crippen LogP contribution in [0.5, 0.6) is 0 Å². The van der Waals surface area contributed by atoms with Gasteiger partial charge in [0.15, 0.2) is 0 Å². The minimum absolute atomic E-state index is 0.573. The van der Waals surface area contributed by atoms with Gasteiger partial charge in [-0.25, -0.2) is 0 Å². The summed E-state index contributed by atoms with van der Waals surface area (Å²) in [5.74, 6) is 0. The molecule has 2 heteroatoms. The van der Waals surface area contributed by atoms with Crippen LogP contribution in [0.3, 0.4) is 0 Å². The molecule has 1 unspecified atom stereocenters. The smallest absolute Gasteiger partial charge is 0.0622 e. The van der Waals surface area contributed by atoms with E-state index in [0.29, 0.717) is 12.5 Å². The number of likely N-dealkylation sites (tertiary alicyclic amines) is 1. The zero-order valence-electron chi connectivity index (χ0n) is 12.9. The average Bonchev–Trinajstić information content (AvgIpc) is 3.01. The zero-order chi connectivity index (χ0) is 15.2. The number of rotatable bonds is 5. The van der Waals surface area contributed by atoms with Crippen molar-refractivity contribution in [2.45, 2.75) is 38.3 Å². The average molecular weight is 290 g/mol. The normalized spacial score (nSPS) is 18.2. The zero-order valence-corrected chi connectivity index (χ0v) is 12.9.